The van der Waals surface area contributed by atoms with Crippen molar-refractivity contribution in [3.63, 3.8) is 0 Å². The Morgan fingerprint density at radius 3 is 2.29 bits per heavy atom. The zero-order valence-electron chi connectivity index (χ0n) is 14.3. The van der Waals surface area contributed by atoms with Gasteiger partial charge in [-0.2, -0.15) is 0 Å². The fourth-order valence-electron chi connectivity index (χ4n) is 2.89. The number of amides is 1. The fraction of sp³-hybridized carbons (Fsp3) is 0.588. The van der Waals surface area contributed by atoms with Gasteiger partial charge in [0, 0.05) is 43.7 Å². The third kappa shape index (κ3) is 6.77. The molecule has 1 aromatic rings. The average Bonchev–Trinajstić information content (AvgIpc) is 2.55. The van der Waals surface area contributed by atoms with Crippen molar-refractivity contribution >= 4 is 42.3 Å². The first-order valence-electron chi connectivity index (χ1n) is 8.03. The molecule has 1 amide bonds. The van der Waals surface area contributed by atoms with Gasteiger partial charge in [-0.25, -0.2) is 0 Å². The maximum absolute atomic E-state index is 12.1. The van der Waals surface area contributed by atoms with Crippen LogP contribution in [0, 0.1) is 0 Å². The highest BCUT2D eigenvalue weighted by molar-refractivity contribution is 6.30. The van der Waals surface area contributed by atoms with E-state index in [0.29, 0.717) is 12.5 Å². The molecule has 1 saturated heterocycles. The smallest absolute Gasteiger partial charge is 0.222 e. The van der Waals surface area contributed by atoms with E-state index in [0.717, 1.165) is 44.2 Å². The Hall–Kier alpha value is -0.520. The number of carbonyl (C=O) groups excluding carboxylic acids is 1. The van der Waals surface area contributed by atoms with Crippen molar-refractivity contribution in [3.05, 3.63) is 34.9 Å². The zero-order chi connectivity index (χ0) is 15.9. The maximum atomic E-state index is 12.1. The van der Waals surface area contributed by atoms with Crippen molar-refractivity contribution in [2.75, 3.05) is 39.8 Å². The molecule has 0 bridgehead atoms. The van der Waals surface area contributed by atoms with E-state index >= 15 is 0 Å². The molecule has 0 saturated carbocycles. The molecule has 1 atom stereocenters. The lowest BCUT2D eigenvalue weighted by Gasteiger charge is -2.38. The molecule has 24 heavy (non-hydrogen) atoms. The fourth-order valence-corrected chi connectivity index (χ4v) is 3.01. The first-order valence-corrected chi connectivity index (χ1v) is 8.41. The van der Waals surface area contributed by atoms with E-state index in [1.807, 2.05) is 24.1 Å². The number of benzene rings is 1. The lowest BCUT2D eigenvalue weighted by atomic mass is 10.1. The summed E-state index contributed by atoms with van der Waals surface area (Å²) in [6.45, 7) is 6.64. The second-order valence-electron chi connectivity index (χ2n) is 5.85. The van der Waals surface area contributed by atoms with Gasteiger partial charge in [-0.1, -0.05) is 23.7 Å². The summed E-state index contributed by atoms with van der Waals surface area (Å²) >= 11 is 5.95. The summed E-state index contributed by atoms with van der Waals surface area (Å²) in [6, 6.07) is 8.41. The monoisotopic (exact) mass is 395 g/mol. The highest BCUT2D eigenvalue weighted by atomic mass is 35.5. The molecule has 1 aliphatic rings. The van der Waals surface area contributed by atoms with Crippen LogP contribution in [0.25, 0.3) is 0 Å². The van der Waals surface area contributed by atoms with Crippen molar-refractivity contribution in [3.8, 4) is 0 Å². The third-order valence-corrected chi connectivity index (χ3v) is 4.64. The first kappa shape index (κ1) is 23.5. The van der Waals surface area contributed by atoms with Crippen LogP contribution in [-0.4, -0.2) is 55.5 Å². The number of nitrogens with one attached hydrogen (secondary N) is 1. The largest absolute Gasteiger partial charge is 0.340 e. The molecule has 4 nitrogen and oxygen atoms in total. The van der Waals surface area contributed by atoms with Gasteiger partial charge < -0.3 is 10.2 Å². The van der Waals surface area contributed by atoms with Crippen LogP contribution in [0.3, 0.4) is 0 Å². The van der Waals surface area contributed by atoms with E-state index < -0.39 is 0 Å². The van der Waals surface area contributed by atoms with Crippen LogP contribution < -0.4 is 5.32 Å². The predicted octanol–water partition coefficient (Wildman–Crippen LogP) is 3.39. The molecule has 0 aromatic heterocycles. The van der Waals surface area contributed by atoms with Gasteiger partial charge in [0.25, 0.3) is 0 Å². The standard InChI is InChI=1S/C17H26ClN3O.2ClH/c1-14(15-5-7-16(18)8-6-15)20-10-12-21(13-11-20)17(22)4-3-9-19-2;;/h5-8,14,19H,3-4,9-13H2,1-2H3;2*1H. The van der Waals surface area contributed by atoms with Gasteiger partial charge >= 0.3 is 0 Å². The minimum atomic E-state index is 0. The first-order chi connectivity index (χ1) is 10.6. The number of carbonyl (C=O) groups is 1. The predicted molar refractivity (Wildman–Crippen MR) is 106 cm³/mol. The lowest BCUT2D eigenvalue weighted by Crippen LogP contribution is -2.49. The lowest BCUT2D eigenvalue weighted by molar-refractivity contribution is -0.133. The zero-order valence-corrected chi connectivity index (χ0v) is 16.7. The Morgan fingerprint density at radius 1 is 1.17 bits per heavy atom. The van der Waals surface area contributed by atoms with Gasteiger partial charge in [-0.15, -0.1) is 24.8 Å². The van der Waals surface area contributed by atoms with Gasteiger partial charge in [0.15, 0.2) is 0 Å². The van der Waals surface area contributed by atoms with E-state index in [1.54, 1.807) is 0 Å². The second kappa shape index (κ2) is 11.9. The van der Waals surface area contributed by atoms with Gasteiger partial charge in [0.2, 0.25) is 5.91 Å². The Labute approximate surface area is 162 Å². The SMILES string of the molecule is CNCCCC(=O)N1CCN(C(C)c2ccc(Cl)cc2)CC1.Cl.Cl. The minimum Gasteiger partial charge on any atom is -0.340 e. The molecule has 1 aliphatic heterocycles. The number of nitrogens with zero attached hydrogens (tertiary/aromatic N) is 2. The highest BCUT2D eigenvalue weighted by Gasteiger charge is 2.24. The molecule has 1 aromatic carbocycles. The minimum absolute atomic E-state index is 0. The molecule has 0 aliphatic carbocycles. The van der Waals surface area contributed by atoms with Gasteiger partial charge in [0.05, 0.1) is 0 Å². The summed E-state index contributed by atoms with van der Waals surface area (Å²) < 4.78 is 0. The second-order valence-corrected chi connectivity index (χ2v) is 6.29. The summed E-state index contributed by atoms with van der Waals surface area (Å²) in [7, 11) is 1.92. The summed E-state index contributed by atoms with van der Waals surface area (Å²) in [5.74, 6) is 0.286. The Bertz CT molecular complexity index is 476. The Balaban J connectivity index is 0.00000264. The van der Waals surface area contributed by atoms with Crippen LogP contribution in [0.5, 0.6) is 0 Å². The van der Waals surface area contributed by atoms with Gasteiger partial charge in [-0.05, 0) is 44.6 Å². The van der Waals surface area contributed by atoms with Crippen molar-refractivity contribution in [1.29, 1.82) is 0 Å². The van der Waals surface area contributed by atoms with Crippen molar-refractivity contribution in [1.82, 2.24) is 15.1 Å². The van der Waals surface area contributed by atoms with E-state index in [4.69, 9.17) is 11.6 Å². The van der Waals surface area contributed by atoms with Crippen LogP contribution in [0.15, 0.2) is 24.3 Å². The molecule has 1 N–H and O–H groups in total. The molecule has 2 rings (SSSR count). The van der Waals surface area contributed by atoms with Crippen LogP contribution >= 0.6 is 36.4 Å². The van der Waals surface area contributed by atoms with Crippen LogP contribution in [0.4, 0.5) is 0 Å². The van der Waals surface area contributed by atoms with E-state index in [1.165, 1.54) is 5.56 Å². The summed E-state index contributed by atoms with van der Waals surface area (Å²) in [4.78, 5) is 16.6. The number of hydrogen-bond donors (Lipinski definition) is 1. The molecular weight excluding hydrogens is 369 g/mol. The average molecular weight is 397 g/mol. The highest BCUT2D eigenvalue weighted by Crippen LogP contribution is 2.23. The maximum Gasteiger partial charge on any atom is 0.222 e. The third-order valence-electron chi connectivity index (χ3n) is 4.38. The summed E-state index contributed by atoms with van der Waals surface area (Å²) in [6.07, 6.45) is 1.56. The van der Waals surface area contributed by atoms with Crippen molar-refractivity contribution in [2.24, 2.45) is 0 Å². The molecule has 0 radical (unpaired) electrons. The normalized spacial score (nSPS) is 16.0. The number of halogens is 3. The molecule has 138 valence electrons. The summed E-state index contributed by atoms with van der Waals surface area (Å²) in [5.41, 5.74) is 1.28. The van der Waals surface area contributed by atoms with Crippen LogP contribution in [-0.2, 0) is 4.79 Å². The number of rotatable bonds is 6. The quantitative estimate of drug-likeness (QED) is 0.749. The summed E-state index contributed by atoms with van der Waals surface area (Å²) in [5, 5.41) is 3.85. The van der Waals surface area contributed by atoms with Crippen molar-refractivity contribution in [2.45, 2.75) is 25.8 Å². The number of piperazine rings is 1. The van der Waals surface area contributed by atoms with Crippen LogP contribution in [0.2, 0.25) is 5.02 Å². The number of hydrogen-bond acceptors (Lipinski definition) is 3. The van der Waals surface area contributed by atoms with E-state index in [2.05, 4.69) is 29.3 Å². The molecular formula is C17H28Cl3N3O. The van der Waals surface area contributed by atoms with Crippen LogP contribution in [0.1, 0.15) is 31.4 Å². The van der Waals surface area contributed by atoms with Gasteiger partial charge in [0.1, 0.15) is 0 Å². The Morgan fingerprint density at radius 2 is 1.75 bits per heavy atom. The molecule has 1 fully saturated rings. The molecule has 0 spiro atoms. The van der Waals surface area contributed by atoms with Crippen molar-refractivity contribution < 1.29 is 4.79 Å². The Kier molecular flexibility index (Phi) is 11.7. The molecule has 1 heterocycles. The topological polar surface area (TPSA) is 35.6 Å². The molecule has 7 heteroatoms. The van der Waals surface area contributed by atoms with E-state index in [9.17, 15) is 4.79 Å². The van der Waals surface area contributed by atoms with Gasteiger partial charge in [-0.3, -0.25) is 9.69 Å². The van der Waals surface area contributed by atoms with E-state index in [-0.39, 0.29) is 30.7 Å². The molecule has 1 unspecified atom stereocenters.